The highest BCUT2D eigenvalue weighted by atomic mass is 19.1. The van der Waals surface area contributed by atoms with Crippen LogP contribution in [-0.2, 0) is 0 Å². The Morgan fingerprint density at radius 3 is 2.89 bits per heavy atom. The van der Waals surface area contributed by atoms with Crippen LogP contribution in [0.3, 0.4) is 0 Å². The third kappa shape index (κ3) is 1.94. The van der Waals surface area contributed by atoms with Crippen molar-refractivity contribution in [3.8, 4) is 0 Å². The molecule has 0 amide bonds. The molecule has 4 heteroatoms. The first-order chi connectivity index (χ1) is 9.33. The van der Waals surface area contributed by atoms with Gasteiger partial charge in [0.25, 0.3) is 0 Å². The van der Waals surface area contributed by atoms with Gasteiger partial charge in [-0.1, -0.05) is 0 Å². The SMILES string of the molecule is Fc1ccc2c(c1)nc(C1CCCNC1)n2C1CC1. The molecule has 1 saturated heterocycles. The first kappa shape index (κ1) is 11.4. The molecule has 19 heavy (non-hydrogen) atoms. The van der Waals surface area contributed by atoms with Gasteiger partial charge >= 0.3 is 0 Å². The molecule has 1 aliphatic heterocycles. The lowest BCUT2D eigenvalue weighted by atomic mass is 9.99. The first-order valence-electron chi connectivity index (χ1n) is 7.21. The second kappa shape index (κ2) is 4.30. The second-order valence-corrected chi connectivity index (χ2v) is 5.75. The highest BCUT2D eigenvalue weighted by molar-refractivity contribution is 5.76. The number of halogens is 1. The summed E-state index contributed by atoms with van der Waals surface area (Å²) in [5.74, 6) is 1.45. The number of hydrogen-bond donors (Lipinski definition) is 1. The quantitative estimate of drug-likeness (QED) is 0.898. The van der Waals surface area contributed by atoms with Crippen molar-refractivity contribution in [2.45, 2.75) is 37.6 Å². The largest absolute Gasteiger partial charge is 0.325 e. The number of benzene rings is 1. The number of nitrogens with zero attached hydrogens (tertiary/aromatic N) is 2. The molecule has 4 rings (SSSR count). The average Bonchev–Trinajstić information content (AvgIpc) is 3.20. The van der Waals surface area contributed by atoms with E-state index in [2.05, 4.69) is 9.88 Å². The van der Waals surface area contributed by atoms with Gasteiger partial charge in [0.05, 0.1) is 11.0 Å². The monoisotopic (exact) mass is 259 g/mol. The van der Waals surface area contributed by atoms with Crippen LogP contribution in [0.5, 0.6) is 0 Å². The molecule has 3 nitrogen and oxygen atoms in total. The fourth-order valence-electron chi connectivity index (χ4n) is 3.17. The Bertz CT molecular complexity index is 609. The molecule has 1 N–H and O–H groups in total. The minimum atomic E-state index is -0.193. The number of hydrogen-bond acceptors (Lipinski definition) is 2. The summed E-state index contributed by atoms with van der Waals surface area (Å²) in [6, 6.07) is 5.59. The highest BCUT2D eigenvalue weighted by Crippen LogP contribution is 2.41. The molecular formula is C15H18FN3. The second-order valence-electron chi connectivity index (χ2n) is 5.75. The van der Waals surface area contributed by atoms with Crippen LogP contribution in [0.25, 0.3) is 11.0 Å². The molecule has 0 bridgehead atoms. The van der Waals surface area contributed by atoms with E-state index in [-0.39, 0.29) is 5.82 Å². The summed E-state index contributed by atoms with van der Waals surface area (Å²) in [7, 11) is 0. The molecule has 0 spiro atoms. The van der Waals surface area contributed by atoms with E-state index >= 15 is 0 Å². The van der Waals surface area contributed by atoms with E-state index in [9.17, 15) is 4.39 Å². The fraction of sp³-hybridized carbons (Fsp3) is 0.533. The summed E-state index contributed by atoms with van der Waals surface area (Å²) in [5.41, 5.74) is 1.91. The Hall–Kier alpha value is -1.42. The lowest BCUT2D eigenvalue weighted by molar-refractivity contribution is 0.435. The maximum atomic E-state index is 13.4. The van der Waals surface area contributed by atoms with Crippen LogP contribution in [0.2, 0.25) is 0 Å². The molecule has 1 aromatic heterocycles. The van der Waals surface area contributed by atoms with Crippen LogP contribution in [0.1, 0.15) is 43.5 Å². The van der Waals surface area contributed by atoms with Gasteiger partial charge in [-0.3, -0.25) is 0 Å². The molecule has 0 radical (unpaired) electrons. The molecule has 2 fully saturated rings. The van der Waals surface area contributed by atoms with E-state index in [0.717, 1.165) is 29.9 Å². The Kier molecular flexibility index (Phi) is 2.58. The van der Waals surface area contributed by atoms with Crippen molar-refractivity contribution in [2.75, 3.05) is 13.1 Å². The smallest absolute Gasteiger partial charge is 0.125 e. The van der Waals surface area contributed by atoms with Crippen LogP contribution >= 0.6 is 0 Å². The summed E-state index contributed by atoms with van der Waals surface area (Å²) in [5, 5.41) is 3.45. The number of nitrogens with one attached hydrogen (secondary N) is 1. The third-order valence-corrected chi connectivity index (χ3v) is 4.25. The molecule has 1 saturated carbocycles. The van der Waals surface area contributed by atoms with E-state index < -0.39 is 0 Å². The number of piperidine rings is 1. The van der Waals surface area contributed by atoms with Crippen molar-refractivity contribution in [2.24, 2.45) is 0 Å². The van der Waals surface area contributed by atoms with Crippen molar-refractivity contribution in [1.29, 1.82) is 0 Å². The maximum absolute atomic E-state index is 13.4. The van der Waals surface area contributed by atoms with E-state index in [1.807, 2.05) is 6.07 Å². The van der Waals surface area contributed by atoms with E-state index in [4.69, 9.17) is 4.98 Å². The molecule has 1 aliphatic carbocycles. The molecule has 1 unspecified atom stereocenters. The first-order valence-corrected chi connectivity index (χ1v) is 7.21. The maximum Gasteiger partial charge on any atom is 0.125 e. The van der Waals surface area contributed by atoms with Crippen molar-refractivity contribution in [3.63, 3.8) is 0 Å². The molecule has 1 atom stereocenters. The third-order valence-electron chi connectivity index (χ3n) is 4.25. The van der Waals surface area contributed by atoms with Crippen molar-refractivity contribution < 1.29 is 4.39 Å². The molecule has 100 valence electrons. The zero-order valence-corrected chi connectivity index (χ0v) is 10.9. The van der Waals surface area contributed by atoms with Crippen molar-refractivity contribution >= 4 is 11.0 Å². The average molecular weight is 259 g/mol. The number of imidazole rings is 1. The summed E-state index contributed by atoms with van der Waals surface area (Å²) >= 11 is 0. The van der Waals surface area contributed by atoms with E-state index in [1.54, 1.807) is 12.1 Å². The lowest BCUT2D eigenvalue weighted by Gasteiger charge is -2.23. The van der Waals surface area contributed by atoms with Crippen molar-refractivity contribution in [3.05, 3.63) is 29.8 Å². The summed E-state index contributed by atoms with van der Waals surface area (Å²) in [4.78, 5) is 4.74. The predicted octanol–water partition coefficient (Wildman–Crippen LogP) is 2.98. The van der Waals surface area contributed by atoms with Crippen molar-refractivity contribution in [1.82, 2.24) is 14.9 Å². The van der Waals surface area contributed by atoms with Crippen LogP contribution in [-0.4, -0.2) is 22.6 Å². The van der Waals surface area contributed by atoms with Crippen LogP contribution in [0.15, 0.2) is 18.2 Å². The van der Waals surface area contributed by atoms with Gasteiger partial charge in [-0.05, 0) is 44.4 Å². The number of aromatic nitrogens is 2. The van der Waals surface area contributed by atoms with E-state index in [0.29, 0.717) is 12.0 Å². The summed E-state index contributed by atoms with van der Waals surface area (Å²) in [6.07, 6.45) is 4.85. The number of fused-ring (bicyclic) bond motifs is 1. The lowest BCUT2D eigenvalue weighted by Crippen LogP contribution is -2.30. The van der Waals surface area contributed by atoms with Gasteiger partial charge in [0.15, 0.2) is 0 Å². The predicted molar refractivity (Wildman–Crippen MR) is 72.8 cm³/mol. The highest BCUT2D eigenvalue weighted by Gasteiger charge is 2.31. The minimum Gasteiger partial charge on any atom is -0.325 e. The van der Waals surface area contributed by atoms with Gasteiger partial charge in [0, 0.05) is 24.6 Å². The fourth-order valence-corrected chi connectivity index (χ4v) is 3.17. The molecule has 2 aliphatic rings. The molecular weight excluding hydrogens is 241 g/mol. The molecule has 2 heterocycles. The van der Waals surface area contributed by atoms with Crippen LogP contribution < -0.4 is 5.32 Å². The zero-order chi connectivity index (χ0) is 12.8. The summed E-state index contributed by atoms with van der Waals surface area (Å²) in [6.45, 7) is 2.10. The Morgan fingerprint density at radius 2 is 2.16 bits per heavy atom. The van der Waals surface area contributed by atoms with Gasteiger partial charge in [-0.15, -0.1) is 0 Å². The Morgan fingerprint density at radius 1 is 1.26 bits per heavy atom. The van der Waals surface area contributed by atoms with E-state index in [1.165, 1.54) is 25.7 Å². The standard InChI is InChI=1S/C15H18FN3/c16-11-3-6-14-13(8-11)18-15(19(14)12-4-5-12)10-2-1-7-17-9-10/h3,6,8,10,12,17H,1-2,4-5,7,9H2. The van der Waals surface area contributed by atoms with Crippen LogP contribution in [0, 0.1) is 5.82 Å². The van der Waals surface area contributed by atoms with Gasteiger partial charge in [0.1, 0.15) is 11.6 Å². The van der Waals surface area contributed by atoms with Gasteiger partial charge in [-0.25, -0.2) is 9.37 Å². The van der Waals surface area contributed by atoms with Crippen LogP contribution in [0.4, 0.5) is 4.39 Å². The topological polar surface area (TPSA) is 29.9 Å². The normalized spacial score (nSPS) is 23.9. The van der Waals surface area contributed by atoms with Gasteiger partial charge in [-0.2, -0.15) is 0 Å². The minimum absolute atomic E-state index is 0.193. The zero-order valence-electron chi connectivity index (χ0n) is 10.9. The van der Waals surface area contributed by atoms with Gasteiger partial charge < -0.3 is 9.88 Å². The Labute approximate surface area is 111 Å². The number of rotatable bonds is 2. The Balaban J connectivity index is 1.85. The van der Waals surface area contributed by atoms with Gasteiger partial charge in [0.2, 0.25) is 0 Å². The molecule has 1 aromatic carbocycles. The summed E-state index contributed by atoms with van der Waals surface area (Å²) < 4.78 is 15.7. The molecule has 2 aromatic rings.